The maximum absolute atomic E-state index is 6.48. The minimum Gasteiger partial charge on any atom is -0.489 e. The number of aromatic nitrogens is 2. The molecular formula is C36H28N2O3. The van der Waals surface area contributed by atoms with Crippen molar-refractivity contribution < 1.29 is 14.2 Å². The van der Waals surface area contributed by atoms with Crippen molar-refractivity contribution in [2.75, 3.05) is 0 Å². The van der Waals surface area contributed by atoms with Crippen LogP contribution in [0, 0.1) is 0 Å². The fraction of sp³-hybridized carbons (Fsp3) is 0.0556. The highest BCUT2D eigenvalue weighted by Crippen LogP contribution is 2.37. The standard InChI is InChI=1S/C36H28N2O3/c1-3-11-27(12-4-1)25-39-31-17-7-15-29(23-31)35-33(19-9-21-37-35)41-34-20-10-22-38-36(34)30-16-8-18-32(24-30)40-26-28-13-5-2-6-14-28/h1-24H,25-26H2. The van der Waals surface area contributed by atoms with E-state index in [0.29, 0.717) is 36.1 Å². The molecule has 4 aromatic carbocycles. The van der Waals surface area contributed by atoms with Crippen molar-refractivity contribution in [1.82, 2.24) is 9.97 Å². The average Bonchev–Trinajstić information content (AvgIpc) is 3.05. The van der Waals surface area contributed by atoms with Crippen LogP contribution in [0.2, 0.25) is 0 Å². The molecule has 200 valence electrons. The Balaban J connectivity index is 1.23. The number of benzene rings is 4. The molecule has 5 nitrogen and oxygen atoms in total. The summed E-state index contributed by atoms with van der Waals surface area (Å²) in [6.07, 6.45) is 3.52. The lowest BCUT2D eigenvalue weighted by atomic mass is 10.1. The highest BCUT2D eigenvalue weighted by molar-refractivity contribution is 5.71. The SMILES string of the molecule is c1ccc(COc2cccc(-c3ncccc3Oc3cccnc3-c3cccc(OCc4ccccc4)c3)c2)cc1. The lowest BCUT2D eigenvalue weighted by Crippen LogP contribution is -1.97. The van der Waals surface area contributed by atoms with Crippen LogP contribution in [0.5, 0.6) is 23.0 Å². The molecule has 0 saturated carbocycles. The van der Waals surface area contributed by atoms with Gasteiger partial charge in [-0.3, -0.25) is 9.97 Å². The van der Waals surface area contributed by atoms with E-state index in [-0.39, 0.29) is 0 Å². The number of ether oxygens (including phenoxy) is 3. The van der Waals surface area contributed by atoms with E-state index in [9.17, 15) is 0 Å². The molecule has 41 heavy (non-hydrogen) atoms. The largest absolute Gasteiger partial charge is 0.489 e. The number of hydrogen-bond acceptors (Lipinski definition) is 5. The van der Waals surface area contributed by atoms with Crippen molar-refractivity contribution in [1.29, 1.82) is 0 Å². The van der Waals surface area contributed by atoms with Crippen LogP contribution < -0.4 is 14.2 Å². The van der Waals surface area contributed by atoms with Crippen molar-refractivity contribution >= 4 is 0 Å². The molecule has 0 aliphatic heterocycles. The third-order valence-electron chi connectivity index (χ3n) is 6.47. The molecule has 0 bridgehead atoms. The van der Waals surface area contributed by atoms with E-state index in [1.807, 2.05) is 133 Å². The summed E-state index contributed by atoms with van der Waals surface area (Å²) in [5, 5.41) is 0. The lowest BCUT2D eigenvalue weighted by molar-refractivity contribution is 0.306. The zero-order chi connectivity index (χ0) is 27.7. The number of nitrogens with zero attached hydrogens (tertiary/aromatic N) is 2. The topological polar surface area (TPSA) is 53.5 Å². The molecule has 2 heterocycles. The summed E-state index contributed by atoms with van der Waals surface area (Å²) in [5.74, 6) is 2.77. The molecule has 5 heteroatoms. The first-order valence-corrected chi connectivity index (χ1v) is 13.4. The van der Waals surface area contributed by atoms with Crippen molar-refractivity contribution in [3.8, 4) is 45.5 Å². The van der Waals surface area contributed by atoms with Gasteiger partial charge >= 0.3 is 0 Å². The van der Waals surface area contributed by atoms with Gasteiger partial charge in [0.2, 0.25) is 0 Å². The zero-order valence-electron chi connectivity index (χ0n) is 22.4. The quantitative estimate of drug-likeness (QED) is 0.175. The van der Waals surface area contributed by atoms with Crippen molar-refractivity contribution in [3.05, 3.63) is 157 Å². The van der Waals surface area contributed by atoms with Crippen molar-refractivity contribution in [2.24, 2.45) is 0 Å². The van der Waals surface area contributed by atoms with E-state index in [1.165, 1.54) is 0 Å². The van der Waals surface area contributed by atoms with Gasteiger partial charge in [0.15, 0.2) is 11.5 Å². The van der Waals surface area contributed by atoms with E-state index in [1.54, 1.807) is 12.4 Å². The third kappa shape index (κ3) is 6.60. The minimum absolute atomic E-state index is 0.489. The molecule has 0 saturated heterocycles. The summed E-state index contributed by atoms with van der Waals surface area (Å²) in [4.78, 5) is 9.31. The first-order chi connectivity index (χ1) is 20.3. The zero-order valence-corrected chi connectivity index (χ0v) is 22.4. The van der Waals surface area contributed by atoms with E-state index in [2.05, 4.69) is 9.97 Å². The molecule has 0 amide bonds. The van der Waals surface area contributed by atoms with Crippen LogP contribution in [0.15, 0.2) is 146 Å². The second-order valence-corrected chi connectivity index (χ2v) is 9.41. The van der Waals surface area contributed by atoms with E-state index >= 15 is 0 Å². The maximum Gasteiger partial charge on any atom is 0.153 e. The van der Waals surface area contributed by atoms with Gasteiger partial charge in [0.05, 0.1) is 0 Å². The Bertz CT molecular complexity index is 1590. The van der Waals surface area contributed by atoms with Gasteiger partial charge in [-0.25, -0.2) is 0 Å². The smallest absolute Gasteiger partial charge is 0.153 e. The molecule has 0 unspecified atom stereocenters. The number of pyridine rings is 2. The van der Waals surface area contributed by atoms with Crippen molar-refractivity contribution in [2.45, 2.75) is 13.2 Å². The Labute approximate surface area is 239 Å². The monoisotopic (exact) mass is 536 g/mol. The molecule has 0 atom stereocenters. The van der Waals surface area contributed by atoms with Gasteiger partial charge < -0.3 is 14.2 Å². The molecule has 0 aliphatic carbocycles. The van der Waals surface area contributed by atoms with Crippen LogP contribution in [-0.2, 0) is 13.2 Å². The summed E-state index contributed by atoms with van der Waals surface area (Å²) in [6, 6.07) is 43.5. The first-order valence-electron chi connectivity index (χ1n) is 13.4. The van der Waals surface area contributed by atoms with Crippen LogP contribution in [0.3, 0.4) is 0 Å². The predicted molar refractivity (Wildman–Crippen MR) is 161 cm³/mol. The van der Waals surface area contributed by atoms with Gasteiger partial charge in [0.25, 0.3) is 0 Å². The molecule has 0 N–H and O–H groups in total. The second-order valence-electron chi connectivity index (χ2n) is 9.41. The van der Waals surface area contributed by atoms with Crippen LogP contribution in [0.4, 0.5) is 0 Å². The normalized spacial score (nSPS) is 10.6. The summed E-state index contributed by atoms with van der Waals surface area (Å²) in [6.45, 7) is 0.978. The minimum atomic E-state index is 0.489. The Morgan fingerprint density at radius 2 is 0.902 bits per heavy atom. The van der Waals surface area contributed by atoms with Crippen LogP contribution in [0.1, 0.15) is 11.1 Å². The van der Waals surface area contributed by atoms with Gasteiger partial charge in [-0.05, 0) is 59.7 Å². The maximum atomic E-state index is 6.48. The van der Waals surface area contributed by atoms with Gasteiger partial charge in [0.1, 0.15) is 36.1 Å². The van der Waals surface area contributed by atoms with E-state index in [0.717, 1.165) is 33.8 Å². The Kier molecular flexibility index (Phi) is 7.95. The van der Waals surface area contributed by atoms with E-state index in [4.69, 9.17) is 14.2 Å². The molecule has 0 fully saturated rings. The second kappa shape index (κ2) is 12.6. The van der Waals surface area contributed by atoms with Crippen LogP contribution in [0.25, 0.3) is 22.5 Å². The fourth-order valence-corrected chi connectivity index (χ4v) is 4.45. The van der Waals surface area contributed by atoms with Crippen LogP contribution >= 0.6 is 0 Å². The predicted octanol–water partition coefficient (Wildman–Crippen LogP) is 8.76. The number of rotatable bonds is 10. The molecule has 2 aromatic heterocycles. The molecule has 6 aromatic rings. The first kappa shape index (κ1) is 25.8. The van der Waals surface area contributed by atoms with Crippen LogP contribution in [-0.4, -0.2) is 9.97 Å². The Morgan fingerprint density at radius 1 is 0.439 bits per heavy atom. The molecule has 0 aliphatic rings. The van der Waals surface area contributed by atoms with E-state index < -0.39 is 0 Å². The number of hydrogen-bond donors (Lipinski definition) is 0. The molecular weight excluding hydrogens is 508 g/mol. The third-order valence-corrected chi connectivity index (χ3v) is 6.47. The fourth-order valence-electron chi connectivity index (χ4n) is 4.45. The average molecular weight is 537 g/mol. The summed E-state index contributed by atoms with van der Waals surface area (Å²) < 4.78 is 18.6. The van der Waals surface area contributed by atoms with Gasteiger partial charge in [-0.1, -0.05) is 84.9 Å². The van der Waals surface area contributed by atoms with Crippen molar-refractivity contribution in [3.63, 3.8) is 0 Å². The molecule has 6 rings (SSSR count). The lowest BCUT2D eigenvalue weighted by Gasteiger charge is -2.14. The van der Waals surface area contributed by atoms with Gasteiger partial charge in [-0.2, -0.15) is 0 Å². The van der Waals surface area contributed by atoms with Gasteiger partial charge in [0, 0.05) is 23.5 Å². The Hall–Kier alpha value is -5.42. The highest BCUT2D eigenvalue weighted by atomic mass is 16.5. The summed E-state index contributed by atoms with van der Waals surface area (Å²) >= 11 is 0. The molecule has 0 spiro atoms. The Morgan fingerprint density at radius 3 is 1.37 bits per heavy atom. The summed E-state index contributed by atoms with van der Waals surface area (Å²) in [7, 11) is 0. The highest BCUT2D eigenvalue weighted by Gasteiger charge is 2.14. The van der Waals surface area contributed by atoms with Gasteiger partial charge in [-0.15, -0.1) is 0 Å². The summed E-state index contributed by atoms with van der Waals surface area (Å²) in [5.41, 5.74) is 5.44. The molecule has 0 radical (unpaired) electrons.